The van der Waals surface area contributed by atoms with Crippen molar-refractivity contribution in [2.75, 3.05) is 11.1 Å². The molecule has 4 aromatic carbocycles. The van der Waals surface area contributed by atoms with Gasteiger partial charge in [0.1, 0.15) is 0 Å². The largest absolute Gasteiger partial charge is 0.325 e. The predicted molar refractivity (Wildman–Crippen MR) is 119 cm³/mol. The van der Waals surface area contributed by atoms with E-state index >= 15 is 0 Å². The van der Waals surface area contributed by atoms with Crippen molar-refractivity contribution in [1.29, 1.82) is 0 Å². The Morgan fingerprint density at radius 3 is 2.28 bits per heavy atom. The second kappa shape index (κ2) is 7.22. The molecular weight excluding hydrogens is 378 g/mol. The van der Waals surface area contributed by atoms with Crippen LogP contribution in [0.5, 0.6) is 0 Å². The molecule has 4 heteroatoms. The molecule has 1 aliphatic carbocycles. The molecule has 4 aromatic rings. The fourth-order valence-corrected chi connectivity index (χ4v) is 4.69. The summed E-state index contributed by atoms with van der Waals surface area (Å²) >= 11 is 1.49. The van der Waals surface area contributed by atoms with E-state index in [4.69, 9.17) is 0 Å². The van der Waals surface area contributed by atoms with Gasteiger partial charge in [-0.3, -0.25) is 9.59 Å². The zero-order chi connectivity index (χ0) is 19.8. The number of para-hydroxylation sites is 1. The normalized spacial score (nSPS) is 11.9. The quantitative estimate of drug-likeness (QED) is 0.392. The summed E-state index contributed by atoms with van der Waals surface area (Å²) in [5, 5.41) is 4.90. The Kier molecular flexibility index (Phi) is 4.41. The van der Waals surface area contributed by atoms with Crippen molar-refractivity contribution in [2.45, 2.75) is 4.90 Å². The smallest absolute Gasteiger partial charge is 0.234 e. The van der Waals surface area contributed by atoms with Crippen LogP contribution < -0.4 is 5.32 Å². The lowest BCUT2D eigenvalue weighted by atomic mass is 9.83. The lowest BCUT2D eigenvalue weighted by Crippen LogP contribution is -2.14. The van der Waals surface area contributed by atoms with Gasteiger partial charge in [0.25, 0.3) is 0 Å². The van der Waals surface area contributed by atoms with Crippen LogP contribution in [0.2, 0.25) is 0 Å². The molecule has 140 valence electrons. The van der Waals surface area contributed by atoms with E-state index in [0.29, 0.717) is 5.75 Å². The molecular formula is C25H17NO2S. The van der Waals surface area contributed by atoms with Crippen molar-refractivity contribution >= 4 is 39.9 Å². The van der Waals surface area contributed by atoms with Crippen LogP contribution in [0, 0.1) is 0 Å². The molecule has 0 aliphatic heterocycles. The number of rotatable bonds is 4. The summed E-state index contributed by atoms with van der Waals surface area (Å²) in [5.74, 6) is 0.309. The van der Waals surface area contributed by atoms with Gasteiger partial charge in [-0.1, -0.05) is 66.7 Å². The topological polar surface area (TPSA) is 46.2 Å². The lowest BCUT2D eigenvalue weighted by Gasteiger charge is -2.21. The molecule has 0 bridgehead atoms. The van der Waals surface area contributed by atoms with Crippen molar-refractivity contribution < 1.29 is 9.59 Å². The Balaban J connectivity index is 1.49. The van der Waals surface area contributed by atoms with E-state index in [1.54, 1.807) is 0 Å². The first kappa shape index (κ1) is 17.7. The monoisotopic (exact) mass is 395 g/mol. The van der Waals surface area contributed by atoms with E-state index < -0.39 is 0 Å². The van der Waals surface area contributed by atoms with Crippen LogP contribution in [0.25, 0.3) is 21.9 Å². The van der Waals surface area contributed by atoms with Gasteiger partial charge in [0, 0.05) is 27.1 Å². The summed E-state index contributed by atoms with van der Waals surface area (Å²) in [5.41, 5.74) is 4.31. The van der Waals surface area contributed by atoms with Gasteiger partial charge in [-0.15, -0.1) is 11.8 Å². The Labute approximate surface area is 172 Å². The highest BCUT2D eigenvalue weighted by atomic mass is 32.2. The average Bonchev–Trinajstić information content (AvgIpc) is 2.77. The van der Waals surface area contributed by atoms with Crippen molar-refractivity contribution in [3.05, 3.63) is 96.1 Å². The van der Waals surface area contributed by atoms with Crippen LogP contribution in [0.4, 0.5) is 5.69 Å². The van der Waals surface area contributed by atoms with Gasteiger partial charge in [0.05, 0.1) is 5.75 Å². The molecule has 0 unspecified atom stereocenters. The minimum atomic E-state index is -0.0527. The SMILES string of the molecule is O=C(CSc1ccc2c3c(cccc13)C(=O)c1ccccc1-2)Nc1ccccc1. The van der Waals surface area contributed by atoms with Gasteiger partial charge in [-0.2, -0.15) is 0 Å². The van der Waals surface area contributed by atoms with Gasteiger partial charge in [-0.25, -0.2) is 0 Å². The van der Waals surface area contributed by atoms with E-state index in [1.165, 1.54) is 11.8 Å². The fourth-order valence-electron chi connectivity index (χ4n) is 3.84. The number of hydrogen-bond donors (Lipinski definition) is 1. The molecule has 3 nitrogen and oxygen atoms in total. The zero-order valence-corrected chi connectivity index (χ0v) is 16.3. The summed E-state index contributed by atoms with van der Waals surface area (Å²) in [6.07, 6.45) is 0. The van der Waals surface area contributed by atoms with Gasteiger partial charge >= 0.3 is 0 Å². The highest BCUT2D eigenvalue weighted by molar-refractivity contribution is 8.00. The van der Waals surface area contributed by atoms with Crippen LogP contribution in [0.3, 0.4) is 0 Å². The molecule has 1 N–H and O–H groups in total. The molecule has 0 radical (unpaired) electrons. The Morgan fingerprint density at radius 2 is 1.45 bits per heavy atom. The fraction of sp³-hybridized carbons (Fsp3) is 0.0400. The number of ketones is 1. The van der Waals surface area contributed by atoms with Crippen LogP contribution in [-0.4, -0.2) is 17.4 Å². The van der Waals surface area contributed by atoms with Crippen molar-refractivity contribution in [1.82, 2.24) is 0 Å². The molecule has 29 heavy (non-hydrogen) atoms. The van der Waals surface area contributed by atoms with E-state index in [1.807, 2.05) is 72.8 Å². The number of anilines is 1. The standard InChI is InChI=1S/C25H17NO2S/c27-23(26-16-7-2-1-3-8-16)15-29-22-14-13-18-17-9-4-5-10-19(17)25(28)21-12-6-11-20(22)24(18)21/h1-14H,15H2,(H,26,27). The number of thioether (sulfide) groups is 1. The minimum Gasteiger partial charge on any atom is -0.325 e. The summed E-state index contributed by atoms with van der Waals surface area (Å²) in [6, 6.07) is 27.1. The van der Waals surface area contributed by atoms with E-state index in [9.17, 15) is 9.59 Å². The Hall–Kier alpha value is -3.37. The van der Waals surface area contributed by atoms with Crippen molar-refractivity contribution in [3.63, 3.8) is 0 Å². The van der Waals surface area contributed by atoms with Crippen LogP contribution in [0.1, 0.15) is 15.9 Å². The maximum atomic E-state index is 13.0. The number of amides is 1. The van der Waals surface area contributed by atoms with Crippen LogP contribution in [0.15, 0.2) is 89.8 Å². The number of nitrogens with one attached hydrogen (secondary N) is 1. The maximum Gasteiger partial charge on any atom is 0.234 e. The molecule has 1 aliphatic rings. The number of fused-ring (bicyclic) bond motifs is 2. The third kappa shape index (κ3) is 3.12. The maximum absolute atomic E-state index is 13.0. The molecule has 0 aromatic heterocycles. The number of carbonyl (C=O) groups is 2. The molecule has 0 saturated heterocycles. The molecule has 0 heterocycles. The first-order chi connectivity index (χ1) is 14.2. The van der Waals surface area contributed by atoms with E-state index in [2.05, 4.69) is 17.4 Å². The highest BCUT2D eigenvalue weighted by Crippen LogP contribution is 2.42. The first-order valence-corrected chi connectivity index (χ1v) is 10.4. The van der Waals surface area contributed by atoms with Gasteiger partial charge in [0.15, 0.2) is 5.78 Å². The zero-order valence-electron chi connectivity index (χ0n) is 15.5. The van der Waals surface area contributed by atoms with Crippen LogP contribution in [-0.2, 0) is 4.79 Å². The average molecular weight is 395 g/mol. The van der Waals surface area contributed by atoms with Gasteiger partial charge in [-0.05, 0) is 34.7 Å². The van der Waals surface area contributed by atoms with Crippen molar-refractivity contribution in [3.8, 4) is 11.1 Å². The molecule has 0 spiro atoms. The molecule has 0 fully saturated rings. The third-order valence-electron chi connectivity index (χ3n) is 5.12. The number of carbonyl (C=O) groups excluding carboxylic acids is 2. The van der Waals surface area contributed by atoms with Crippen molar-refractivity contribution in [2.24, 2.45) is 0 Å². The highest BCUT2D eigenvalue weighted by Gasteiger charge is 2.25. The molecule has 1 amide bonds. The van der Waals surface area contributed by atoms with E-state index in [-0.39, 0.29) is 11.7 Å². The molecule has 5 rings (SSSR count). The molecule has 0 atom stereocenters. The van der Waals surface area contributed by atoms with Crippen LogP contribution >= 0.6 is 11.8 Å². The Morgan fingerprint density at radius 1 is 0.724 bits per heavy atom. The first-order valence-electron chi connectivity index (χ1n) is 9.40. The Bertz CT molecular complexity index is 1260. The summed E-state index contributed by atoms with van der Waals surface area (Å²) in [7, 11) is 0. The van der Waals surface area contributed by atoms with Gasteiger partial charge in [0.2, 0.25) is 5.91 Å². The summed E-state index contributed by atoms with van der Waals surface area (Å²) in [4.78, 5) is 26.4. The lowest BCUT2D eigenvalue weighted by molar-refractivity contribution is -0.113. The second-order valence-corrected chi connectivity index (χ2v) is 7.93. The third-order valence-corrected chi connectivity index (χ3v) is 6.20. The van der Waals surface area contributed by atoms with Gasteiger partial charge < -0.3 is 5.32 Å². The summed E-state index contributed by atoms with van der Waals surface area (Å²) in [6.45, 7) is 0. The molecule has 0 saturated carbocycles. The predicted octanol–water partition coefficient (Wildman–Crippen LogP) is 5.78. The number of benzene rings is 4. The minimum absolute atomic E-state index is 0.0527. The van der Waals surface area contributed by atoms with E-state index in [0.717, 1.165) is 43.6 Å². The second-order valence-electron chi connectivity index (χ2n) is 6.92. The number of hydrogen-bond acceptors (Lipinski definition) is 3. The summed E-state index contributed by atoms with van der Waals surface area (Å²) < 4.78 is 0.